The van der Waals surface area contributed by atoms with E-state index in [1.807, 2.05) is 35.3 Å². The van der Waals surface area contributed by atoms with Crippen molar-refractivity contribution in [3.05, 3.63) is 47.8 Å². The van der Waals surface area contributed by atoms with Gasteiger partial charge in [-0.1, -0.05) is 12.1 Å². The third kappa shape index (κ3) is 3.92. The molecule has 6 nitrogen and oxygen atoms in total. The summed E-state index contributed by atoms with van der Waals surface area (Å²) >= 11 is 0. The molecular formula is C20H25N3O3. The second kappa shape index (κ2) is 7.93. The number of ether oxygens (including phenoxy) is 3. The van der Waals surface area contributed by atoms with E-state index in [-0.39, 0.29) is 6.10 Å². The fourth-order valence-corrected chi connectivity index (χ4v) is 3.61. The Kier molecular flexibility index (Phi) is 5.22. The maximum Gasteiger partial charge on any atom is 0.168 e. The number of nitrogens with zero attached hydrogens (tertiary/aromatic N) is 3. The second-order valence-electron chi connectivity index (χ2n) is 6.78. The van der Waals surface area contributed by atoms with E-state index in [1.54, 1.807) is 7.11 Å². The molecule has 3 heterocycles. The Bertz CT molecular complexity index is 758. The van der Waals surface area contributed by atoms with Crippen LogP contribution in [0.1, 0.15) is 12.0 Å². The van der Waals surface area contributed by atoms with E-state index < -0.39 is 0 Å². The zero-order valence-corrected chi connectivity index (χ0v) is 15.1. The summed E-state index contributed by atoms with van der Waals surface area (Å²) in [5.41, 5.74) is 2.37. The molecule has 0 aliphatic carbocycles. The van der Waals surface area contributed by atoms with E-state index >= 15 is 0 Å². The average molecular weight is 355 g/mol. The maximum absolute atomic E-state index is 6.01. The first-order chi connectivity index (χ1) is 12.8. The minimum Gasteiger partial charge on any atom is -0.493 e. The van der Waals surface area contributed by atoms with Crippen molar-refractivity contribution in [3.63, 3.8) is 0 Å². The lowest BCUT2D eigenvalue weighted by Gasteiger charge is -2.27. The van der Waals surface area contributed by atoms with Gasteiger partial charge in [-0.2, -0.15) is 5.10 Å². The molecule has 0 radical (unpaired) electrons. The molecule has 1 saturated heterocycles. The van der Waals surface area contributed by atoms with Gasteiger partial charge >= 0.3 is 0 Å². The number of rotatable bonds is 5. The number of hydrogen-bond acceptors (Lipinski definition) is 5. The zero-order chi connectivity index (χ0) is 17.8. The van der Waals surface area contributed by atoms with Gasteiger partial charge in [0.05, 0.1) is 19.8 Å². The van der Waals surface area contributed by atoms with Gasteiger partial charge in [0.1, 0.15) is 6.61 Å². The monoisotopic (exact) mass is 355 g/mol. The van der Waals surface area contributed by atoms with Crippen LogP contribution in [0.2, 0.25) is 0 Å². The Balaban J connectivity index is 1.43. The van der Waals surface area contributed by atoms with Crippen molar-refractivity contribution in [1.29, 1.82) is 0 Å². The van der Waals surface area contributed by atoms with Crippen molar-refractivity contribution in [2.75, 3.05) is 40.0 Å². The minimum atomic E-state index is 0.162. The molecule has 4 rings (SSSR count). The summed E-state index contributed by atoms with van der Waals surface area (Å²) in [6, 6.07) is 7.96. The number of hydrogen-bond donors (Lipinski definition) is 0. The van der Waals surface area contributed by atoms with Crippen molar-refractivity contribution in [3.8, 4) is 11.5 Å². The molecule has 26 heavy (non-hydrogen) atoms. The Hall–Kier alpha value is -2.31. The van der Waals surface area contributed by atoms with Crippen LogP contribution in [0.15, 0.2) is 42.2 Å². The molecule has 1 aromatic carbocycles. The molecule has 0 N–H and O–H groups in total. The summed E-state index contributed by atoms with van der Waals surface area (Å²) in [4.78, 5) is 2.46. The lowest BCUT2D eigenvalue weighted by Crippen LogP contribution is -2.36. The second-order valence-corrected chi connectivity index (χ2v) is 6.78. The van der Waals surface area contributed by atoms with Crippen molar-refractivity contribution in [2.45, 2.75) is 19.1 Å². The van der Waals surface area contributed by atoms with Crippen LogP contribution in [-0.2, 0) is 11.3 Å². The summed E-state index contributed by atoms with van der Waals surface area (Å²) in [7, 11) is 1.68. The van der Waals surface area contributed by atoms with E-state index in [0.29, 0.717) is 6.61 Å². The first-order valence-corrected chi connectivity index (χ1v) is 9.12. The van der Waals surface area contributed by atoms with Crippen LogP contribution in [-0.4, -0.2) is 60.7 Å². The molecule has 0 saturated carbocycles. The van der Waals surface area contributed by atoms with Gasteiger partial charge in [0, 0.05) is 44.2 Å². The smallest absolute Gasteiger partial charge is 0.168 e. The van der Waals surface area contributed by atoms with E-state index in [0.717, 1.165) is 56.3 Å². The lowest BCUT2D eigenvalue weighted by atomic mass is 10.1. The third-order valence-corrected chi connectivity index (χ3v) is 4.80. The Morgan fingerprint density at radius 3 is 3.12 bits per heavy atom. The number of benzene rings is 1. The summed E-state index contributed by atoms with van der Waals surface area (Å²) in [5.74, 6) is 1.63. The fourth-order valence-electron chi connectivity index (χ4n) is 3.61. The lowest BCUT2D eigenvalue weighted by molar-refractivity contribution is 0.0409. The van der Waals surface area contributed by atoms with Gasteiger partial charge in [-0.3, -0.25) is 9.58 Å². The highest BCUT2D eigenvalue weighted by Crippen LogP contribution is 2.35. The summed E-state index contributed by atoms with van der Waals surface area (Å²) < 4.78 is 19.3. The van der Waals surface area contributed by atoms with Gasteiger partial charge in [0.15, 0.2) is 11.5 Å². The molecule has 1 atom stereocenters. The predicted molar refractivity (Wildman–Crippen MR) is 99.5 cm³/mol. The molecule has 0 amide bonds. The van der Waals surface area contributed by atoms with Gasteiger partial charge in [-0.15, -0.1) is 0 Å². The summed E-state index contributed by atoms with van der Waals surface area (Å²) in [5, 5.41) is 4.30. The quantitative estimate of drug-likeness (QED) is 0.825. The van der Waals surface area contributed by atoms with Gasteiger partial charge < -0.3 is 14.2 Å². The maximum atomic E-state index is 6.01. The number of fused-ring (bicyclic) bond motifs is 1. The third-order valence-electron chi connectivity index (χ3n) is 4.80. The van der Waals surface area contributed by atoms with Gasteiger partial charge in [0.25, 0.3) is 0 Å². The van der Waals surface area contributed by atoms with Crippen LogP contribution in [0, 0.1) is 0 Å². The van der Waals surface area contributed by atoms with Crippen molar-refractivity contribution in [2.24, 2.45) is 0 Å². The van der Waals surface area contributed by atoms with Crippen LogP contribution >= 0.6 is 0 Å². The molecular weight excluding hydrogens is 330 g/mol. The summed E-state index contributed by atoms with van der Waals surface area (Å²) in [6.45, 7) is 5.04. The first-order valence-electron chi connectivity index (χ1n) is 9.12. The highest BCUT2D eigenvalue weighted by Gasteiger charge is 2.22. The number of aromatic nitrogens is 2. The van der Waals surface area contributed by atoms with Crippen LogP contribution in [0.25, 0.3) is 6.08 Å². The Labute approximate surface area is 154 Å². The molecule has 138 valence electrons. The first kappa shape index (κ1) is 17.1. The Morgan fingerprint density at radius 1 is 1.31 bits per heavy atom. The van der Waals surface area contributed by atoms with Crippen molar-refractivity contribution >= 4 is 6.08 Å². The van der Waals surface area contributed by atoms with Gasteiger partial charge in [0.2, 0.25) is 0 Å². The average Bonchev–Trinajstić information content (AvgIpc) is 3.07. The number of para-hydroxylation sites is 1. The minimum absolute atomic E-state index is 0.162. The fraction of sp³-hybridized carbons (Fsp3) is 0.450. The molecule has 1 fully saturated rings. The van der Waals surface area contributed by atoms with Crippen LogP contribution in [0.5, 0.6) is 11.5 Å². The van der Waals surface area contributed by atoms with Gasteiger partial charge in [-0.25, -0.2) is 0 Å². The predicted octanol–water partition coefficient (Wildman–Crippen LogP) is 2.46. The molecule has 1 aromatic heterocycles. The van der Waals surface area contributed by atoms with Crippen LogP contribution in [0.3, 0.4) is 0 Å². The highest BCUT2D eigenvalue weighted by atomic mass is 16.5. The van der Waals surface area contributed by atoms with Gasteiger partial charge in [-0.05, 0) is 30.2 Å². The molecule has 0 bridgehead atoms. The molecule has 1 unspecified atom stereocenters. The van der Waals surface area contributed by atoms with E-state index in [1.165, 1.54) is 5.57 Å². The number of methoxy groups -OCH3 is 1. The molecule has 2 aliphatic heterocycles. The Morgan fingerprint density at radius 2 is 2.27 bits per heavy atom. The SMILES string of the molecule is COc1cccc2c1OCC(CN1CCCOC(Cn3cccn3)C1)=C2. The van der Waals surface area contributed by atoms with Crippen molar-refractivity contribution < 1.29 is 14.2 Å². The standard InChI is InChI=1S/C20H25N3O3/c1-24-19-6-2-5-17-11-16(15-26-20(17)19)12-22-8-4-10-25-18(13-22)14-23-9-3-7-21-23/h2-3,5-7,9,11,18H,4,8,10,12-15H2,1H3. The molecule has 2 aromatic rings. The van der Waals surface area contributed by atoms with E-state index in [2.05, 4.69) is 22.1 Å². The normalized spacial score (nSPS) is 20.7. The zero-order valence-electron chi connectivity index (χ0n) is 15.1. The van der Waals surface area contributed by atoms with Crippen molar-refractivity contribution in [1.82, 2.24) is 14.7 Å². The topological polar surface area (TPSA) is 48.8 Å². The summed E-state index contributed by atoms with van der Waals surface area (Å²) in [6.07, 6.45) is 7.24. The van der Waals surface area contributed by atoms with E-state index in [9.17, 15) is 0 Å². The molecule has 6 heteroatoms. The largest absolute Gasteiger partial charge is 0.493 e. The van der Waals surface area contributed by atoms with Crippen LogP contribution < -0.4 is 9.47 Å². The van der Waals surface area contributed by atoms with Crippen LogP contribution in [0.4, 0.5) is 0 Å². The molecule has 2 aliphatic rings. The molecule has 0 spiro atoms. The highest BCUT2D eigenvalue weighted by molar-refractivity contribution is 5.66. The van der Waals surface area contributed by atoms with E-state index in [4.69, 9.17) is 14.2 Å².